The fraction of sp³-hybridized carbons (Fsp3) is 0.727. The van der Waals surface area contributed by atoms with Crippen molar-refractivity contribution in [2.45, 2.75) is 13.0 Å². The van der Waals surface area contributed by atoms with Gasteiger partial charge in [-0.05, 0) is 5.92 Å². The van der Waals surface area contributed by atoms with Crippen LogP contribution in [0.3, 0.4) is 0 Å². The number of carbonyl (C=O) groups excluding carboxylic acids is 2. The lowest BCUT2D eigenvalue weighted by atomic mass is 9.99. The van der Waals surface area contributed by atoms with Crippen molar-refractivity contribution < 1.29 is 19.5 Å². The van der Waals surface area contributed by atoms with Gasteiger partial charge in [0, 0.05) is 19.6 Å². The summed E-state index contributed by atoms with van der Waals surface area (Å²) in [7, 11) is 0. The number of nitrogens with zero attached hydrogens (tertiary/aromatic N) is 1. The second-order valence-corrected chi connectivity index (χ2v) is 4.90. The van der Waals surface area contributed by atoms with Crippen LogP contribution in [-0.4, -0.2) is 60.0 Å². The lowest BCUT2D eigenvalue weighted by Crippen LogP contribution is -2.58. The summed E-state index contributed by atoms with van der Waals surface area (Å²) in [6.07, 6.45) is 0. The minimum Gasteiger partial charge on any atom is -0.481 e. The zero-order chi connectivity index (χ0) is 13.3. The fourth-order valence-electron chi connectivity index (χ4n) is 2.43. The smallest absolute Gasteiger partial charge is 0.308 e. The van der Waals surface area contributed by atoms with Crippen LogP contribution in [0.15, 0.2) is 0 Å². The Hall–Kier alpha value is -1.63. The summed E-state index contributed by atoms with van der Waals surface area (Å²) < 4.78 is 0. The SMILES string of the molecule is CC1CN(C(=O)C2CNC(=O)CN2)CC1C(=O)O. The number of rotatable bonds is 2. The van der Waals surface area contributed by atoms with Crippen molar-refractivity contribution >= 4 is 17.8 Å². The summed E-state index contributed by atoms with van der Waals surface area (Å²) in [4.78, 5) is 35.7. The second-order valence-electron chi connectivity index (χ2n) is 4.90. The Morgan fingerprint density at radius 3 is 2.61 bits per heavy atom. The Labute approximate surface area is 105 Å². The first kappa shape index (κ1) is 12.8. The Morgan fingerprint density at radius 1 is 1.39 bits per heavy atom. The molecule has 100 valence electrons. The monoisotopic (exact) mass is 255 g/mol. The van der Waals surface area contributed by atoms with Gasteiger partial charge in [0.05, 0.1) is 12.5 Å². The van der Waals surface area contributed by atoms with Gasteiger partial charge >= 0.3 is 5.97 Å². The molecule has 3 atom stereocenters. The number of hydrogen-bond acceptors (Lipinski definition) is 4. The van der Waals surface area contributed by atoms with Gasteiger partial charge in [0.1, 0.15) is 6.04 Å². The zero-order valence-electron chi connectivity index (χ0n) is 10.2. The van der Waals surface area contributed by atoms with Crippen molar-refractivity contribution in [2.24, 2.45) is 11.8 Å². The highest BCUT2D eigenvalue weighted by Crippen LogP contribution is 2.23. The molecule has 2 amide bonds. The molecule has 0 radical (unpaired) electrons. The number of likely N-dealkylation sites (tertiary alicyclic amines) is 1. The van der Waals surface area contributed by atoms with Gasteiger partial charge in [0.25, 0.3) is 0 Å². The average molecular weight is 255 g/mol. The van der Waals surface area contributed by atoms with E-state index in [1.807, 2.05) is 6.92 Å². The van der Waals surface area contributed by atoms with Gasteiger partial charge in [-0.15, -0.1) is 0 Å². The summed E-state index contributed by atoms with van der Waals surface area (Å²) in [5, 5.41) is 14.5. The van der Waals surface area contributed by atoms with Gasteiger partial charge < -0.3 is 15.3 Å². The van der Waals surface area contributed by atoms with Crippen LogP contribution in [0.1, 0.15) is 6.92 Å². The maximum Gasteiger partial charge on any atom is 0.308 e. The standard InChI is InChI=1S/C11H17N3O4/c1-6-4-14(5-7(6)11(17)18)10(16)8-2-13-9(15)3-12-8/h6-8,12H,2-5H2,1H3,(H,13,15)(H,17,18). The van der Waals surface area contributed by atoms with E-state index in [0.29, 0.717) is 6.54 Å². The molecule has 0 aromatic rings. The Kier molecular flexibility index (Phi) is 3.51. The van der Waals surface area contributed by atoms with Crippen LogP contribution in [0.25, 0.3) is 0 Å². The molecular formula is C11H17N3O4. The van der Waals surface area contributed by atoms with Crippen molar-refractivity contribution in [3.05, 3.63) is 0 Å². The molecule has 0 aromatic heterocycles. The topological polar surface area (TPSA) is 98.7 Å². The van der Waals surface area contributed by atoms with Crippen LogP contribution in [0.5, 0.6) is 0 Å². The predicted octanol–water partition coefficient (Wildman–Crippen LogP) is -1.75. The Bertz CT molecular complexity index is 374. The molecule has 18 heavy (non-hydrogen) atoms. The maximum atomic E-state index is 12.1. The van der Waals surface area contributed by atoms with Crippen LogP contribution in [-0.2, 0) is 14.4 Å². The third-order valence-corrected chi connectivity index (χ3v) is 3.55. The van der Waals surface area contributed by atoms with Crippen LogP contribution in [0, 0.1) is 11.8 Å². The molecule has 2 aliphatic rings. The van der Waals surface area contributed by atoms with Crippen molar-refractivity contribution in [2.75, 3.05) is 26.2 Å². The average Bonchev–Trinajstić information content (AvgIpc) is 2.71. The number of piperazine rings is 1. The second kappa shape index (κ2) is 4.93. The molecule has 2 saturated heterocycles. The highest BCUT2D eigenvalue weighted by Gasteiger charge is 2.39. The van der Waals surface area contributed by atoms with E-state index in [4.69, 9.17) is 5.11 Å². The van der Waals surface area contributed by atoms with E-state index < -0.39 is 17.9 Å². The van der Waals surface area contributed by atoms with Crippen molar-refractivity contribution in [3.63, 3.8) is 0 Å². The van der Waals surface area contributed by atoms with Gasteiger partial charge in [-0.3, -0.25) is 19.7 Å². The summed E-state index contributed by atoms with van der Waals surface area (Å²) in [5.74, 6) is -1.65. The molecule has 0 spiro atoms. The Morgan fingerprint density at radius 2 is 2.11 bits per heavy atom. The van der Waals surface area contributed by atoms with Gasteiger partial charge in [0.2, 0.25) is 11.8 Å². The molecule has 3 unspecified atom stereocenters. The number of carboxylic acids is 1. The maximum absolute atomic E-state index is 12.1. The number of amides is 2. The molecule has 2 rings (SSSR count). The highest BCUT2D eigenvalue weighted by molar-refractivity contribution is 5.87. The number of nitrogens with one attached hydrogen (secondary N) is 2. The first-order valence-corrected chi connectivity index (χ1v) is 6.00. The van der Waals surface area contributed by atoms with Crippen LogP contribution in [0.4, 0.5) is 0 Å². The molecular weight excluding hydrogens is 238 g/mol. The first-order chi connectivity index (χ1) is 8.49. The number of hydrogen-bond donors (Lipinski definition) is 3. The van der Waals surface area contributed by atoms with Crippen LogP contribution in [0.2, 0.25) is 0 Å². The molecule has 2 heterocycles. The third-order valence-electron chi connectivity index (χ3n) is 3.55. The summed E-state index contributed by atoms with van der Waals surface area (Å²) >= 11 is 0. The van der Waals surface area contributed by atoms with Gasteiger partial charge in [-0.1, -0.05) is 6.92 Å². The molecule has 0 aliphatic carbocycles. The molecule has 3 N–H and O–H groups in total. The summed E-state index contributed by atoms with van der Waals surface area (Å²) in [6, 6.07) is -0.442. The summed E-state index contributed by atoms with van der Waals surface area (Å²) in [5.41, 5.74) is 0. The van der Waals surface area contributed by atoms with E-state index in [9.17, 15) is 14.4 Å². The summed E-state index contributed by atoms with van der Waals surface area (Å²) in [6.45, 7) is 2.94. The van der Waals surface area contributed by atoms with E-state index >= 15 is 0 Å². The van der Waals surface area contributed by atoms with E-state index in [2.05, 4.69) is 10.6 Å². The van der Waals surface area contributed by atoms with Gasteiger partial charge in [-0.25, -0.2) is 0 Å². The van der Waals surface area contributed by atoms with E-state index in [1.165, 1.54) is 0 Å². The molecule has 0 aromatic carbocycles. The zero-order valence-corrected chi connectivity index (χ0v) is 10.2. The lowest BCUT2D eigenvalue weighted by molar-refractivity contribution is -0.142. The molecule has 7 nitrogen and oxygen atoms in total. The van der Waals surface area contributed by atoms with E-state index in [1.54, 1.807) is 4.90 Å². The molecule has 2 aliphatic heterocycles. The number of aliphatic carboxylic acids is 1. The minimum atomic E-state index is -0.859. The first-order valence-electron chi connectivity index (χ1n) is 6.00. The molecule has 7 heteroatoms. The van der Waals surface area contributed by atoms with Gasteiger partial charge in [-0.2, -0.15) is 0 Å². The number of carbonyl (C=O) groups is 3. The molecule has 0 bridgehead atoms. The van der Waals surface area contributed by atoms with Gasteiger partial charge in [0.15, 0.2) is 0 Å². The fourth-order valence-corrected chi connectivity index (χ4v) is 2.43. The van der Waals surface area contributed by atoms with Crippen molar-refractivity contribution in [1.29, 1.82) is 0 Å². The lowest BCUT2D eigenvalue weighted by Gasteiger charge is -2.27. The molecule has 0 saturated carbocycles. The van der Waals surface area contributed by atoms with Crippen molar-refractivity contribution in [3.8, 4) is 0 Å². The van der Waals surface area contributed by atoms with Crippen LogP contribution >= 0.6 is 0 Å². The quantitative estimate of drug-likeness (QED) is 0.543. The normalized spacial score (nSPS) is 32.2. The Balaban J connectivity index is 1.94. The minimum absolute atomic E-state index is 0.0374. The third kappa shape index (κ3) is 2.45. The van der Waals surface area contributed by atoms with Crippen molar-refractivity contribution in [1.82, 2.24) is 15.5 Å². The highest BCUT2D eigenvalue weighted by atomic mass is 16.4. The van der Waals surface area contributed by atoms with Crippen LogP contribution < -0.4 is 10.6 Å². The van der Waals surface area contributed by atoms with E-state index in [-0.39, 0.29) is 37.4 Å². The molecule has 2 fully saturated rings. The van der Waals surface area contributed by atoms with E-state index in [0.717, 1.165) is 0 Å². The largest absolute Gasteiger partial charge is 0.481 e. The predicted molar refractivity (Wildman–Crippen MR) is 61.7 cm³/mol. The number of carboxylic acid groups (broad SMARTS) is 1.